The van der Waals surface area contributed by atoms with Crippen LogP contribution in [0.1, 0.15) is 18.9 Å². The van der Waals surface area contributed by atoms with Gasteiger partial charge in [0, 0.05) is 11.6 Å². The number of aryl methyl sites for hydroxylation is 1. The molecule has 0 saturated heterocycles. The average Bonchev–Trinajstić information content (AvgIpc) is 2.35. The van der Waals surface area contributed by atoms with E-state index in [-0.39, 0.29) is 10.6 Å². The lowest BCUT2D eigenvalue weighted by molar-refractivity contribution is -0.385. The smallest absolute Gasteiger partial charge is 0.258 e. The molecule has 102 valence electrons. The van der Waals surface area contributed by atoms with Gasteiger partial charge < -0.3 is 0 Å². The van der Waals surface area contributed by atoms with E-state index in [1.54, 1.807) is 6.92 Å². The molecule has 0 aromatic heterocycles. The lowest BCUT2D eigenvalue weighted by atomic mass is 10.2. The molecule has 1 N–H and O–H groups in total. The number of terminal acetylenes is 1. The molecular weight excluding hydrogens is 268 g/mol. The Balaban J connectivity index is 3.20. The Morgan fingerprint density at radius 2 is 2.16 bits per heavy atom. The number of sulfonamides is 1. The molecule has 19 heavy (non-hydrogen) atoms. The van der Waals surface area contributed by atoms with Crippen molar-refractivity contribution in [1.82, 2.24) is 4.72 Å². The number of nitrogens with zero attached hydrogens (tertiary/aromatic N) is 1. The van der Waals surface area contributed by atoms with Crippen LogP contribution in [0.5, 0.6) is 0 Å². The van der Waals surface area contributed by atoms with Gasteiger partial charge in [-0.3, -0.25) is 10.1 Å². The van der Waals surface area contributed by atoms with Gasteiger partial charge in [-0.15, -0.1) is 6.42 Å². The van der Waals surface area contributed by atoms with Gasteiger partial charge in [-0.05, 0) is 19.4 Å². The monoisotopic (exact) mass is 282 g/mol. The summed E-state index contributed by atoms with van der Waals surface area (Å²) >= 11 is 0. The maximum Gasteiger partial charge on any atom is 0.273 e. The highest BCUT2D eigenvalue weighted by atomic mass is 32.2. The highest BCUT2D eigenvalue weighted by Crippen LogP contribution is 2.22. The number of hydrogen-bond donors (Lipinski definition) is 1. The van der Waals surface area contributed by atoms with Crippen LogP contribution in [-0.4, -0.2) is 19.4 Å². The fraction of sp³-hybridized carbons (Fsp3) is 0.333. The van der Waals surface area contributed by atoms with Gasteiger partial charge in [0.2, 0.25) is 10.0 Å². The summed E-state index contributed by atoms with van der Waals surface area (Å²) < 4.78 is 26.3. The van der Waals surface area contributed by atoms with E-state index >= 15 is 0 Å². The molecule has 1 unspecified atom stereocenters. The fourth-order valence-corrected chi connectivity index (χ4v) is 2.70. The highest BCUT2D eigenvalue weighted by Gasteiger charge is 2.21. The summed E-state index contributed by atoms with van der Waals surface area (Å²) in [4.78, 5) is 10.0. The molecule has 0 saturated carbocycles. The van der Waals surface area contributed by atoms with Gasteiger partial charge in [0.25, 0.3) is 5.69 Å². The molecule has 0 radical (unpaired) electrons. The summed E-state index contributed by atoms with van der Waals surface area (Å²) in [5.41, 5.74) is 0.157. The van der Waals surface area contributed by atoms with E-state index in [1.165, 1.54) is 19.1 Å². The molecule has 1 aromatic rings. The average molecular weight is 282 g/mol. The zero-order valence-corrected chi connectivity index (χ0v) is 11.4. The van der Waals surface area contributed by atoms with Crippen molar-refractivity contribution in [2.45, 2.75) is 31.2 Å². The highest BCUT2D eigenvalue weighted by molar-refractivity contribution is 7.89. The Morgan fingerprint density at radius 3 is 2.63 bits per heavy atom. The molecule has 1 atom stereocenters. The summed E-state index contributed by atoms with van der Waals surface area (Å²) in [7, 11) is -3.85. The number of nitro groups is 1. The van der Waals surface area contributed by atoms with Gasteiger partial charge in [-0.25, -0.2) is 8.42 Å². The number of hydrogen-bond acceptors (Lipinski definition) is 4. The molecule has 0 bridgehead atoms. The molecule has 0 heterocycles. The minimum atomic E-state index is -3.85. The number of nitrogens with one attached hydrogen (secondary N) is 1. The first kappa shape index (κ1) is 15.1. The van der Waals surface area contributed by atoms with Crippen molar-refractivity contribution in [3.63, 3.8) is 0 Å². The second kappa shape index (κ2) is 5.82. The summed E-state index contributed by atoms with van der Waals surface area (Å²) in [5.74, 6) is 2.30. The Kier molecular flexibility index (Phi) is 4.64. The van der Waals surface area contributed by atoms with E-state index in [4.69, 9.17) is 6.42 Å². The van der Waals surface area contributed by atoms with Gasteiger partial charge in [0.1, 0.15) is 0 Å². The molecule has 6 nitrogen and oxygen atoms in total. The van der Waals surface area contributed by atoms with Crippen LogP contribution in [0.4, 0.5) is 5.69 Å². The third-order valence-corrected chi connectivity index (χ3v) is 4.06. The maximum atomic E-state index is 12.0. The van der Waals surface area contributed by atoms with Crippen LogP contribution in [-0.2, 0) is 10.0 Å². The second-order valence-electron chi connectivity index (χ2n) is 3.95. The van der Waals surface area contributed by atoms with Crippen LogP contribution in [0.25, 0.3) is 0 Å². The second-order valence-corrected chi connectivity index (χ2v) is 5.67. The van der Waals surface area contributed by atoms with Crippen LogP contribution in [0.2, 0.25) is 0 Å². The lowest BCUT2D eigenvalue weighted by Crippen LogP contribution is -2.33. The summed E-state index contributed by atoms with van der Waals surface area (Å²) in [6.07, 6.45) is 5.62. The van der Waals surface area contributed by atoms with Crippen LogP contribution in [0, 0.1) is 29.4 Å². The third-order valence-electron chi connectivity index (χ3n) is 2.59. The van der Waals surface area contributed by atoms with E-state index in [9.17, 15) is 18.5 Å². The normalized spacial score (nSPS) is 12.7. The van der Waals surface area contributed by atoms with Crippen LogP contribution in [0.15, 0.2) is 23.1 Å². The standard InChI is InChI=1S/C12H14N2O4S/c1-4-10(5-2)13-19(17,18)11-7-6-9(3)12(8-11)14(15)16/h1,6-8,10,13H,5H2,2-3H3. The molecule has 0 spiro atoms. The molecular formula is C12H14N2O4S. The molecule has 1 rings (SSSR count). The molecule has 1 aromatic carbocycles. The first-order valence-corrected chi connectivity index (χ1v) is 7.03. The summed E-state index contributed by atoms with van der Waals surface area (Å²) in [6.45, 7) is 3.28. The Bertz CT molecular complexity index is 632. The quantitative estimate of drug-likeness (QED) is 0.504. The van der Waals surface area contributed by atoms with E-state index in [0.29, 0.717) is 12.0 Å². The topological polar surface area (TPSA) is 89.3 Å². The zero-order valence-electron chi connectivity index (χ0n) is 10.6. The fourth-order valence-electron chi connectivity index (χ4n) is 1.44. The first-order valence-electron chi connectivity index (χ1n) is 5.55. The van der Waals surface area contributed by atoms with Gasteiger partial charge >= 0.3 is 0 Å². The van der Waals surface area contributed by atoms with Crippen molar-refractivity contribution in [2.75, 3.05) is 0 Å². The van der Waals surface area contributed by atoms with Crippen molar-refractivity contribution in [3.8, 4) is 12.3 Å². The largest absolute Gasteiger partial charge is 0.273 e. The number of benzene rings is 1. The van der Waals surface area contributed by atoms with Gasteiger partial charge in [-0.2, -0.15) is 4.72 Å². The van der Waals surface area contributed by atoms with Crippen molar-refractivity contribution in [3.05, 3.63) is 33.9 Å². The van der Waals surface area contributed by atoms with E-state index < -0.39 is 21.0 Å². The summed E-state index contributed by atoms with van der Waals surface area (Å²) in [5, 5.41) is 10.8. The van der Waals surface area contributed by atoms with Crippen LogP contribution >= 0.6 is 0 Å². The van der Waals surface area contributed by atoms with Crippen molar-refractivity contribution >= 4 is 15.7 Å². The van der Waals surface area contributed by atoms with E-state index in [0.717, 1.165) is 6.07 Å². The molecule has 0 fully saturated rings. The van der Waals surface area contributed by atoms with Crippen molar-refractivity contribution < 1.29 is 13.3 Å². The van der Waals surface area contributed by atoms with E-state index in [1.807, 2.05) is 0 Å². The van der Waals surface area contributed by atoms with E-state index in [2.05, 4.69) is 10.6 Å². The van der Waals surface area contributed by atoms with Crippen molar-refractivity contribution in [2.24, 2.45) is 0 Å². The van der Waals surface area contributed by atoms with Crippen molar-refractivity contribution in [1.29, 1.82) is 0 Å². The zero-order chi connectivity index (χ0) is 14.6. The minimum Gasteiger partial charge on any atom is -0.258 e. The predicted molar refractivity (Wildman–Crippen MR) is 71.1 cm³/mol. The molecule has 0 aliphatic heterocycles. The van der Waals surface area contributed by atoms with Gasteiger partial charge in [-0.1, -0.05) is 18.9 Å². The van der Waals surface area contributed by atoms with Gasteiger partial charge in [0.15, 0.2) is 0 Å². The lowest BCUT2D eigenvalue weighted by Gasteiger charge is -2.11. The maximum absolute atomic E-state index is 12.0. The van der Waals surface area contributed by atoms with Crippen LogP contribution < -0.4 is 4.72 Å². The van der Waals surface area contributed by atoms with Crippen LogP contribution in [0.3, 0.4) is 0 Å². The number of rotatable bonds is 5. The Morgan fingerprint density at radius 1 is 1.53 bits per heavy atom. The Hall–Kier alpha value is -1.91. The number of nitro benzene ring substituents is 1. The molecule has 0 aliphatic carbocycles. The third kappa shape index (κ3) is 3.53. The first-order chi connectivity index (χ1) is 8.81. The predicted octanol–water partition coefficient (Wildman–Crippen LogP) is 1.59. The Labute approximate surface area is 112 Å². The minimum absolute atomic E-state index is 0.168. The SMILES string of the molecule is C#CC(CC)NS(=O)(=O)c1ccc(C)c([N+](=O)[O-])c1. The van der Waals surface area contributed by atoms with Gasteiger partial charge in [0.05, 0.1) is 15.9 Å². The summed E-state index contributed by atoms with van der Waals surface area (Å²) in [6, 6.07) is 3.10. The molecule has 7 heteroatoms. The molecule has 0 amide bonds. The molecule has 0 aliphatic rings.